The molecule has 0 bridgehead atoms. The van der Waals surface area contributed by atoms with Crippen LogP contribution in [0, 0.1) is 5.92 Å². The quantitative estimate of drug-likeness (QED) is 0.864. The van der Waals surface area contributed by atoms with Gasteiger partial charge in [-0.2, -0.15) is 0 Å². The summed E-state index contributed by atoms with van der Waals surface area (Å²) in [5.41, 5.74) is 0.583. The van der Waals surface area contributed by atoms with Crippen LogP contribution >= 0.6 is 23.2 Å². The van der Waals surface area contributed by atoms with Gasteiger partial charge in [-0.05, 0) is 44.0 Å². The number of likely N-dealkylation sites (tertiary alicyclic amines) is 1. The molecule has 0 unspecified atom stereocenters. The zero-order valence-corrected chi connectivity index (χ0v) is 15.5. The molecule has 0 radical (unpaired) electrons. The summed E-state index contributed by atoms with van der Waals surface area (Å²) < 4.78 is 0. The number of rotatable bonds is 5. The van der Waals surface area contributed by atoms with Gasteiger partial charge in [0.25, 0.3) is 0 Å². The van der Waals surface area contributed by atoms with Gasteiger partial charge in [-0.1, -0.05) is 30.1 Å². The van der Waals surface area contributed by atoms with Crippen molar-refractivity contribution in [3.8, 4) is 0 Å². The smallest absolute Gasteiger partial charge is 0.238 e. The number of amides is 2. The first-order chi connectivity index (χ1) is 11.3. The van der Waals surface area contributed by atoms with E-state index in [2.05, 4.69) is 12.2 Å². The van der Waals surface area contributed by atoms with Crippen molar-refractivity contribution in [2.45, 2.75) is 19.8 Å². The molecule has 132 valence electrons. The Balaban J connectivity index is 1.78. The van der Waals surface area contributed by atoms with Crippen molar-refractivity contribution in [3.05, 3.63) is 28.2 Å². The van der Waals surface area contributed by atoms with Crippen LogP contribution in [0.3, 0.4) is 0 Å². The predicted octanol–water partition coefficient (Wildman–Crippen LogP) is 3.12. The van der Waals surface area contributed by atoms with Gasteiger partial charge >= 0.3 is 0 Å². The van der Waals surface area contributed by atoms with E-state index in [4.69, 9.17) is 23.2 Å². The number of benzene rings is 1. The standard InChI is InChI=1S/C17H23Cl2N3O2/c1-12-5-7-22(8-6-12)17(24)11-21(2)10-16(23)20-13-3-4-14(18)15(19)9-13/h3-4,9,12H,5-8,10-11H2,1-2H3,(H,20,23). The highest BCUT2D eigenvalue weighted by Gasteiger charge is 2.21. The second kappa shape index (κ2) is 8.70. The highest BCUT2D eigenvalue weighted by molar-refractivity contribution is 6.42. The number of nitrogens with zero attached hydrogens (tertiary/aromatic N) is 2. The van der Waals surface area contributed by atoms with Crippen molar-refractivity contribution < 1.29 is 9.59 Å². The number of hydrogen-bond donors (Lipinski definition) is 1. The fraction of sp³-hybridized carbons (Fsp3) is 0.529. The van der Waals surface area contributed by atoms with E-state index in [1.165, 1.54) is 0 Å². The first-order valence-electron chi connectivity index (χ1n) is 8.06. The Labute approximate surface area is 152 Å². The second-order valence-corrected chi connectivity index (χ2v) is 7.23. The zero-order valence-electron chi connectivity index (χ0n) is 14.0. The Kier molecular flexibility index (Phi) is 6.90. The monoisotopic (exact) mass is 371 g/mol. The van der Waals surface area contributed by atoms with E-state index in [0.717, 1.165) is 25.9 Å². The number of nitrogens with one attached hydrogen (secondary N) is 1. The molecule has 1 saturated heterocycles. The molecule has 1 aromatic rings. The number of anilines is 1. The Morgan fingerprint density at radius 1 is 1.21 bits per heavy atom. The van der Waals surface area contributed by atoms with Gasteiger partial charge in [0, 0.05) is 18.8 Å². The summed E-state index contributed by atoms with van der Waals surface area (Å²) in [6.45, 7) is 4.20. The molecule has 1 aromatic carbocycles. The van der Waals surface area contributed by atoms with Crippen LogP contribution in [0.4, 0.5) is 5.69 Å². The van der Waals surface area contributed by atoms with Crippen molar-refractivity contribution in [2.75, 3.05) is 38.5 Å². The highest BCUT2D eigenvalue weighted by atomic mass is 35.5. The summed E-state index contributed by atoms with van der Waals surface area (Å²) in [4.78, 5) is 27.9. The van der Waals surface area contributed by atoms with Gasteiger partial charge in [-0.15, -0.1) is 0 Å². The van der Waals surface area contributed by atoms with Crippen LogP contribution in [-0.4, -0.2) is 54.8 Å². The van der Waals surface area contributed by atoms with Crippen molar-refractivity contribution in [1.29, 1.82) is 0 Å². The first-order valence-corrected chi connectivity index (χ1v) is 8.82. The summed E-state index contributed by atoms with van der Waals surface area (Å²) >= 11 is 11.8. The van der Waals surface area contributed by atoms with Gasteiger partial charge in [0.05, 0.1) is 23.1 Å². The van der Waals surface area contributed by atoms with Gasteiger partial charge < -0.3 is 10.2 Å². The Hall–Kier alpha value is -1.30. The third-order valence-corrected chi connectivity index (χ3v) is 4.90. The first kappa shape index (κ1) is 19.0. The molecule has 5 nitrogen and oxygen atoms in total. The van der Waals surface area contributed by atoms with E-state index in [1.54, 1.807) is 30.1 Å². The molecule has 2 amide bonds. The zero-order chi connectivity index (χ0) is 17.7. The van der Waals surface area contributed by atoms with Gasteiger partial charge in [0.2, 0.25) is 11.8 Å². The lowest BCUT2D eigenvalue weighted by Crippen LogP contribution is -2.44. The van der Waals surface area contributed by atoms with Crippen LogP contribution in [0.5, 0.6) is 0 Å². The molecule has 1 aliphatic rings. The SMILES string of the molecule is CC1CCN(C(=O)CN(C)CC(=O)Nc2ccc(Cl)c(Cl)c2)CC1. The fourth-order valence-corrected chi connectivity index (χ4v) is 2.96. The van der Waals surface area contributed by atoms with Crippen LogP contribution in [-0.2, 0) is 9.59 Å². The van der Waals surface area contributed by atoms with E-state index in [9.17, 15) is 9.59 Å². The molecule has 1 aliphatic heterocycles. The van der Waals surface area contributed by atoms with Crippen molar-refractivity contribution >= 4 is 40.7 Å². The van der Waals surface area contributed by atoms with Crippen molar-refractivity contribution in [1.82, 2.24) is 9.80 Å². The molecule has 24 heavy (non-hydrogen) atoms. The van der Waals surface area contributed by atoms with Crippen LogP contribution in [0.2, 0.25) is 10.0 Å². The number of likely N-dealkylation sites (N-methyl/N-ethyl adjacent to an activating group) is 1. The number of hydrogen-bond acceptors (Lipinski definition) is 3. The third kappa shape index (κ3) is 5.65. The minimum Gasteiger partial charge on any atom is -0.342 e. The molecule has 0 aromatic heterocycles. The second-order valence-electron chi connectivity index (χ2n) is 6.41. The number of halogens is 2. The predicted molar refractivity (Wildman–Crippen MR) is 97.6 cm³/mol. The number of carbonyl (C=O) groups is 2. The van der Waals surface area contributed by atoms with Gasteiger partial charge in [-0.3, -0.25) is 14.5 Å². The normalized spacial score (nSPS) is 15.6. The summed E-state index contributed by atoms with van der Waals surface area (Å²) in [7, 11) is 1.76. The van der Waals surface area contributed by atoms with Crippen LogP contribution < -0.4 is 5.32 Å². The summed E-state index contributed by atoms with van der Waals surface area (Å²) in [6, 6.07) is 4.91. The summed E-state index contributed by atoms with van der Waals surface area (Å²) in [6.07, 6.45) is 2.10. The maximum atomic E-state index is 12.3. The minimum atomic E-state index is -0.198. The Morgan fingerprint density at radius 3 is 2.50 bits per heavy atom. The van der Waals surface area contributed by atoms with Crippen LogP contribution in [0.15, 0.2) is 18.2 Å². The molecule has 0 spiro atoms. The highest BCUT2D eigenvalue weighted by Crippen LogP contribution is 2.24. The van der Waals surface area contributed by atoms with E-state index >= 15 is 0 Å². The number of carbonyl (C=O) groups excluding carboxylic acids is 2. The third-order valence-electron chi connectivity index (χ3n) is 4.16. The average molecular weight is 372 g/mol. The molecule has 1 N–H and O–H groups in total. The maximum absolute atomic E-state index is 12.3. The Morgan fingerprint density at radius 2 is 1.88 bits per heavy atom. The van der Waals surface area contributed by atoms with Gasteiger partial charge in [-0.25, -0.2) is 0 Å². The summed E-state index contributed by atoms with van der Waals surface area (Å²) in [5.74, 6) is 0.562. The molecule has 1 fully saturated rings. The minimum absolute atomic E-state index is 0.0757. The maximum Gasteiger partial charge on any atom is 0.238 e. The van der Waals surface area contributed by atoms with Gasteiger partial charge in [0.1, 0.15) is 0 Å². The lowest BCUT2D eigenvalue weighted by molar-refractivity contribution is -0.133. The van der Waals surface area contributed by atoms with Crippen LogP contribution in [0.25, 0.3) is 0 Å². The molecule has 2 rings (SSSR count). The lowest BCUT2D eigenvalue weighted by Gasteiger charge is -2.31. The van der Waals surface area contributed by atoms with E-state index in [-0.39, 0.29) is 24.9 Å². The van der Waals surface area contributed by atoms with E-state index in [0.29, 0.717) is 21.7 Å². The molecule has 0 atom stereocenters. The molecule has 0 aliphatic carbocycles. The molecule has 1 heterocycles. The fourth-order valence-electron chi connectivity index (χ4n) is 2.66. The largest absolute Gasteiger partial charge is 0.342 e. The molecular weight excluding hydrogens is 349 g/mol. The van der Waals surface area contributed by atoms with Gasteiger partial charge in [0.15, 0.2) is 0 Å². The van der Waals surface area contributed by atoms with E-state index in [1.807, 2.05) is 4.90 Å². The molecule has 7 heteroatoms. The van der Waals surface area contributed by atoms with E-state index < -0.39 is 0 Å². The average Bonchev–Trinajstić information content (AvgIpc) is 2.51. The lowest BCUT2D eigenvalue weighted by atomic mass is 9.99. The van der Waals surface area contributed by atoms with Crippen molar-refractivity contribution in [3.63, 3.8) is 0 Å². The summed E-state index contributed by atoms with van der Waals surface area (Å²) in [5, 5.41) is 3.58. The molecular formula is C17H23Cl2N3O2. The molecule has 0 saturated carbocycles. The van der Waals surface area contributed by atoms with Crippen molar-refractivity contribution in [2.24, 2.45) is 5.92 Å². The van der Waals surface area contributed by atoms with Crippen LogP contribution in [0.1, 0.15) is 19.8 Å². The number of piperidine rings is 1. The Bertz CT molecular complexity index is 601. The topological polar surface area (TPSA) is 52.7 Å².